The minimum Gasteiger partial charge on any atom is -0.491 e. The molecule has 2 aromatic rings. The third-order valence-corrected chi connectivity index (χ3v) is 3.46. The first-order chi connectivity index (χ1) is 9.47. The molecule has 4 heteroatoms. The van der Waals surface area contributed by atoms with Crippen LogP contribution in [-0.2, 0) is 0 Å². The summed E-state index contributed by atoms with van der Waals surface area (Å²) in [6.07, 6.45) is 0.122. The number of rotatable bonds is 4. The topological polar surface area (TPSA) is 35.2 Å². The molecule has 0 aliphatic rings. The predicted octanol–water partition coefficient (Wildman–Crippen LogP) is 4.83. The molecule has 2 N–H and O–H groups in total. The van der Waals surface area contributed by atoms with E-state index in [2.05, 4.69) is 0 Å². The fraction of sp³-hybridized carbons (Fsp3) is 0.250. The third kappa shape index (κ3) is 3.66. The summed E-state index contributed by atoms with van der Waals surface area (Å²) in [6.45, 7) is 3.97. The molecule has 0 aliphatic carbocycles. The van der Waals surface area contributed by atoms with E-state index < -0.39 is 0 Å². The van der Waals surface area contributed by atoms with Gasteiger partial charge in [-0.1, -0.05) is 35.3 Å². The van der Waals surface area contributed by atoms with Gasteiger partial charge in [-0.15, -0.1) is 0 Å². The molecular formula is C16H17Cl2NO. The Bertz CT molecular complexity index is 599. The van der Waals surface area contributed by atoms with Crippen molar-refractivity contribution in [2.75, 3.05) is 0 Å². The van der Waals surface area contributed by atoms with Crippen LogP contribution in [0.3, 0.4) is 0 Å². The normalized spacial score (nSPS) is 12.5. The van der Waals surface area contributed by atoms with Gasteiger partial charge < -0.3 is 10.5 Å². The van der Waals surface area contributed by atoms with E-state index in [0.29, 0.717) is 10.0 Å². The van der Waals surface area contributed by atoms with Crippen molar-refractivity contribution in [3.05, 3.63) is 63.6 Å². The van der Waals surface area contributed by atoms with Crippen molar-refractivity contribution in [2.45, 2.75) is 26.0 Å². The molecule has 1 unspecified atom stereocenters. The Morgan fingerprint density at radius 1 is 1.05 bits per heavy atom. The second-order valence-electron chi connectivity index (χ2n) is 4.88. The molecule has 2 rings (SSSR count). The lowest BCUT2D eigenvalue weighted by atomic mass is 9.99. The molecule has 1 atom stereocenters. The van der Waals surface area contributed by atoms with Crippen molar-refractivity contribution in [1.29, 1.82) is 0 Å². The highest BCUT2D eigenvalue weighted by atomic mass is 35.5. The van der Waals surface area contributed by atoms with Crippen LogP contribution in [0.25, 0.3) is 0 Å². The van der Waals surface area contributed by atoms with Crippen LogP contribution in [0.15, 0.2) is 42.5 Å². The monoisotopic (exact) mass is 309 g/mol. The van der Waals surface area contributed by atoms with Crippen molar-refractivity contribution in [3.63, 3.8) is 0 Å². The zero-order valence-electron chi connectivity index (χ0n) is 11.4. The van der Waals surface area contributed by atoms with Crippen molar-refractivity contribution in [1.82, 2.24) is 0 Å². The second-order valence-corrected chi connectivity index (χ2v) is 5.73. The van der Waals surface area contributed by atoms with Crippen LogP contribution in [0, 0.1) is 0 Å². The molecular weight excluding hydrogens is 293 g/mol. The summed E-state index contributed by atoms with van der Waals surface area (Å²) in [5.41, 5.74) is 8.03. The summed E-state index contributed by atoms with van der Waals surface area (Å²) in [5.74, 6) is 0.797. The zero-order chi connectivity index (χ0) is 14.7. The largest absolute Gasteiger partial charge is 0.491 e. The van der Waals surface area contributed by atoms with Crippen LogP contribution in [0.2, 0.25) is 10.0 Å². The smallest absolute Gasteiger partial charge is 0.120 e. The van der Waals surface area contributed by atoms with E-state index in [-0.39, 0.29) is 12.1 Å². The van der Waals surface area contributed by atoms with E-state index in [0.717, 1.165) is 16.9 Å². The van der Waals surface area contributed by atoms with Crippen LogP contribution in [0.4, 0.5) is 0 Å². The Kier molecular flexibility index (Phi) is 4.92. The van der Waals surface area contributed by atoms with Crippen molar-refractivity contribution in [3.8, 4) is 5.75 Å². The minimum absolute atomic E-state index is 0.122. The maximum atomic E-state index is 6.29. The molecule has 2 nitrogen and oxygen atoms in total. The van der Waals surface area contributed by atoms with Crippen LogP contribution >= 0.6 is 23.2 Å². The van der Waals surface area contributed by atoms with Gasteiger partial charge in [-0.2, -0.15) is 0 Å². The summed E-state index contributed by atoms with van der Waals surface area (Å²) in [5, 5.41) is 1.23. The Balaban J connectivity index is 2.33. The highest BCUT2D eigenvalue weighted by Gasteiger charge is 2.14. The van der Waals surface area contributed by atoms with Crippen molar-refractivity contribution in [2.24, 2.45) is 5.73 Å². The molecule has 0 radical (unpaired) electrons. The third-order valence-electron chi connectivity index (χ3n) is 2.88. The lowest BCUT2D eigenvalue weighted by Crippen LogP contribution is -2.13. The van der Waals surface area contributed by atoms with Crippen molar-refractivity contribution >= 4 is 23.2 Å². The van der Waals surface area contributed by atoms with Gasteiger partial charge in [0.15, 0.2) is 0 Å². The molecule has 106 valence electrons. The van der Waals surface area contributed by atoms with Gasteiger partial charge in [-0.25, -0.2) is 0 Å². The summed E-state index contributed by atoms with van der Waals surface area (Å²) in [6, 6.07) is 12.7. The Morgan fingerprint density at radius 2 is 1.80 bits per heavy atom. The lowest BCUT2D eigenvalue weighted by molar-refractivity contribution is 0.242. The first kappa shape index (κ1) is 15.2. The van der Waals surface area contributed by atoms with E-state index in [4.69, 9.17) is 33.7 Å². The fourth-order valence-electron chi connectivity index (χ4n) is 1.99. The van der Waals surface area contributed by atoms with Crippen molar-refractivity contribution < 1.29 is 4.74 Å². The van der Waals surface area contributed by atoms with Gasteiger partial charge >= 0.3 is 0 Å². The van der Waals surface area contributed by atoms with E-state index in [1.54, 1.807) is 18.2 Å². The minimum atomic E-state index is -0.336. The van der Waals surface area contributed by atoms with Gasteiger partial charge in [0.2, 0.25) is 0 Å². The molecule has 0 bridgehead atoms. The van der Waals surface area contributed by atoms with E-state index in [1.165, 1.54) is 0 Å². The molecule has 0 amide bonds. The zero-order valence-corrected chi connectivity index (χ0v) is 12.9. The number of hydrogen-bond donors (Lipinski definition) is 1. The maximum Gasteiger partial charge on any atom is 0.120 e. The molecule has 0 heterocycles. The summed E-state index contributed by atoms with van der Waals surface area (Å²) < 4.78 is 5.68. The van der Waals surface area contributed by atoms with Gasteiger partial charge in [-0.05, 0) is 55.3 Å². The van der Waals surface area contributed by atoms with Gasteiger partial charge in [0.05, 0.1) is 12.1 Å². The molecule has 0 aromatic heterocycles. The quantitative estimate of drug-likeness (QED) is 0.878. The number of benzene rings is 2. The SMILES string of the molecule is CC(C)Oc1cccc(C(N)c2cc(Cl)ccc2Cl)c1. The number of ether oxygens (including phenoxy) is 1. The highest BCUT2D eigenvalue weighted by molar-refractivity contribution is 6.33. The van der Waals surface area contributed by atoms with Gasteiger partial charge in [0.25, 0.3) is 0 Å². The summed E-state index contributed by atoms with van der Waals surface area (Å²) in [4.78, 5) is 0. The number of hydrogen-bond acceptors (Lipinski definition) is 2. The summed E-state index contributed by atoms with van der Waals surface area (Å²) in [7, 11) is 0. The van der Waals surface area contributed by atoms with Crippen LogP contribution in [0.1, 0.15) is 31.0 Å². The summed E-state index contributed by atoms with van der Waals surface area (Å²) >= 11 is 12.2. The second kappa shape index (κ2) is 6.49. The fourth-order valence-corrected chi connectivity index (χ4v) is 2.40. The Hall–Kier alpha value is -1.22. The molecule has 0 saturated carbocycles. The maximum absolute atomic E-state index is 6.29. The molecule has 0 aliphatic heterocycles. The standard InChI is InChI=1S/C16H17Cl2NO/c1-10(2)20-13-5-3-4-11(8-13)16(19)14-9-12(17)6-7-15(14)18/h3-10,16H,19H2,1-2H3. The van der Waals surface area contributed by atoms with Crippen LogP contribution in [0.5, 0.6) is 5.75 Å². The van der Waals surface area contributed by atoms with E-state index in [1.807, 2.05) is 38.1 Å². The molecule has 2 aromatic carbocycles. The molecule has 0 spiro atoms. The first-order valence-electron chi connectivity index (χ1n) is 6.44. The average molecular weight is 310 g/mol. The predicted molar refractivity (Wildman–Crippen MR) is 84.7 cm³/mol. The van der Waals surface area contributed by atoms with Gasteiger partial charge in [0.1, 0.15) is 5.75 Å². The molecule has 0 fully saturated rings. The Morgan fingerprint density at radius 3 is 2.50 bits per heavy atom. The van der Waals surface area contributed by atoms with Crippen LogP contribution in [-0.4, -0.2) is 6.10 Å². The lowest BCUT2D eigenvalue weighted by Gasteiger charge is -2.17. The van der Waals surface area contributed by atoms with Gasteiger partial charge in [0, 0.05) is 10.0 Å². The highest BCUT2D eigenvalue weighted by Crippen LogP contribution is 2.30. The number of halogens is 2. The number of nitrogens with two attached hydrogens (primary N) is 1. The van der Waals surface area contributed by atoms with E-state index >= 15 is 0 Å². The van der Waals surface area contributed by atoms with Crippen LogP contribution < -0.4 is 10.5 Å². The Labute approximate surface area is 129 Å². The molecule has 20 heavy (non-hydrogen) atoms. The molecule has 0 saturated heterocycles. The van der Waals surface area contributed by atoms with E-state index in [9.17, 15) is 0 Å². The first-order valence-corrected chi connectivity index (χ1v) is 7.20. The average Bonchev–Trinajstić information content (AvgIpc) is 2.40. The van der Waals surface area contributed by atoms with Gasteiger partial charge in [-0.3, -0.25) is 0 Å².